The van der Waals surface area contributed by atoms with Gasteiger partial charge in [0.1, 0.15) is 12.4 Å². The van der Waals surface area contributed by atoms with Gasteiger partial charge in [-0.05, 0) is 49.2 Å². The summed E-state index contributed by atoms with van der Waals surface area (Å²) in [5, 5.41) is 0. The highest BCUT2D eigenvalue weighted by Crippen LogP contribution is 2.31. The molecule has 0 radical (unpaired) electrons. The molecule has 1 atom stereocenters. The van der Waals surface area contributed by atoms with E-state index in [1.807, 2.05) is 36.7 Å². The first-order valence-corrected chi connectivity index (χ1v) is 7.46. The first-order chi connectivity index (χ1) is 10.3. The van der Waals surface area contributed by atoms with Crippen LogP contribution in [0.25, 0.3) is 0 Å². The summed E-state index contributed by atoms with van der Waals surface area (Å²) in [4.78, 5) is 6.58. The smallest absolute Gasteiger partial charge is 0.142 e. The van der Waals surface area contributed by atoms with Crippen molar-refractivity contribution in [3.8, 4) is 5.75 Å². The van der Waals surface area contributed by atoms with Crippen molar-refractivity contribution >= 4 is 5.69 Å². The number of benzene rings is 1. The van der Waals surface area contributed by atoms with E-state index in [9.17, 15) is 0 Å². The fourth-order valence-electron chi connectivity index (χ4n) is 2.94. The Morgan fingerprint density at radius 3 is 2.81 bits per heavy atom. The molecular formula is C17H21N3O. The van der Waals surface area contributed by atoms with E-state index < -0.39 is 0 Å². The van der Waals surface area contributed by atoms with Crippen LogP contribution in [-0.2, 0) is 0 Å². The van der Waals surface area contributed by atoms with Crippen LogP contribution in [0.2, 0.25) is 0 Å². The lowest BCUT2D eigenvalue weighted by molar-refractivity contribution is 0.198. The van der Waals surface area contributed by atoms with E-state index in [2.05, 4.69) is 22.0 Å². The summed E-state index contributed by atoms with van der Waals surface area (Å²) in [5.74, 6) is 0.775. The topological polar surface area (TPSA) is 51.4 Å². The number of aromatic nitrogens is 1. The van der Waals surface area contributed by atoms with Crippen LogP contribution in [0.1, 0.15) is 24.4 Å². The van der Waals surface area contributed by atoms with E-state index in [0.29, 0.717) is 18.3 Å². The summed E-state index contributed by atoms with van der Waals surface area (Å²) < 4.78 is 5.80. The lowest BCUT2D eigenvalue weighted by Gasteiger charge is -2.24. The Kier molecular flexibility index (Phi) is 4.36. The maximum absolute atomic E-state index is 5.89. The van der Waals surface area contributed by atoms with Gasteiger partial charge in [-0.15, -0.1) is 0 Å². The van der Waals surface area contributed by atoms with Crippen molar-refractivity contribution in [1.82, 2.24) is 9.88 Å². The maximum atomic E-state index is 5.89. The summed E-state index contributed by atoms with van der Waals surface area (Å²) in [6.07, 6.45) is 6.18. The minimum absolute atomic E-state index is 0.490. The molecule has 1 aliphatic rings. The normalized spacial score (nSPS) is 18.8. The summed E-state index contributed by atoms with van der Waals surface area (Å²) in [7, 11) is 0. The van der Waals surface area contributed by atoms with Gasteiger partial charge in [-0.1, -0.05) is 12.1 Å². The number of hydrogen-bond acceptors (Lipinski definition) is 4. The van der Waals surface area contributed by atoms with E-state index in [1.54, 1.807) is 0 Å². The van der Waals surface area contributed by atoms with Crippen molar-refractivity contribution in [1.29, 1.82) is 0 Å². The molecule has 1 unspecified atom stereocenters. The third kappa shape index (κ3) is 3.34. The maximum Gasteiger partial charge on any atom is 0.142 e. The second-order valence-electron chi connectivity index (χ2n) is 5.36. The highest BCUT2D eigenvalue weighted by atomic mass is 16.5. The molecule has 2 heterocycles. The molecule has 0 saturated carbocycles. The standard InChI is InChI=1S/C17H21N3O/c18-15-4-1-2-6-17(15)21-13-12-20-11-3-5-16(20)14-7-9-19-10-8-14/h1-2,4,6-10,16H,3,5,11-13,18H2. The van der Waals surface area contributed by atoms with Crippen LogP contribution < -0.4 is 10.5 Å². The van der Waals surface area contributed by atoms with Crippen molar-refractivity contribution in [2.45, 2.75) is 18.9 Å². The molecule has 0 aliphatic carbocycles. The molecule has 0 spiro atoms. The predicted molar refractivity (Wildman–Crippen MR) is 84.1 cm³/mol. The van der Waals surface area contributed by atoms with Crippen LogP contribution in [0.3, 0.4) is 0 Å². The number of pyridine rings is 1. The van der Waals surface area contributed by atoms with Crippen LogP contribution in [0.4, 0.5) is 5.69 Å². The number of anilines is 1. The Morgan fingerprint density at radius 2 is 2.00 bits per heavy atom. The van der Waals surface area contributed by atoms with Gasteiger partial charge in [0.15, 0.2) is 0 Å². The number of nitrogens with two attached hydrogens (primary N) is 1. The number of likely N-dealkylation sites (tertiary alicyclic amines) is 1. The molecule has 0 amide bonds. The second-order valence-corrected chi connectivity index (χ2v) is 5.36. The molecule has 1 aromatic carbocycles. The van der Waals surface area contributed by atoms with Gasteiger partial charge in [-0.25, -0.2) is 0 Å². The SMILES string of the molecule is Nc1ccccc1OCCN1CCCC1c1ccncc1. The average Bonchev–Trinajstić information content (AvgIpc) is 2.99. The van der Waals surface area contributed by atoms with Crippen LogP contribution in [0, 0.1) is 0 Å². The molecule has 21 heavy (non-hydrogen) atoms. The molecule has 1 aromatic heterocycles. The Balaban J connectivity index is 1.56. The molecule has 3 rings (SSSR count). The van der Waals surface area contributed by atoms with E-state index in [1.165, 1.54) is 18.4 Å². The van der Waals surface area contributed by atoms with E-state index in [-0.39, 0.29) is 0 Å². The minimum atomic E-state index is 0.490. The van der Waals surface area contributed by atoms with Crippen LogP contribution in [0.5, 0.6) is 5.75 Å². The molecule has 0 bridgehead atoms. The zero-order chi connectivity index (χ0) is 14.5. The number of rotatable bonds is 5. The number of ether oxygens (including phenoxy) is 1. The Bertz CT molecular complexity index is 573. The van der Waals surface area contributed by atoms with Crippen molar-refractivity contribution in [3.05, 3.63) is 54.4 Å². The van der Waals surface area contributed by atoms with Gasteiger partial charge in [0.25, 0.3) is 0 Å². The summed E-state index contributed by atoms with van der Waals surface area (Å²) >= 11 is 0. The first-order valence-electron chi connectivity index (χ1n) is 7.46. The molecule has 2 aromatic rings. The van der Waals surface area contributed by atoms with E-state index in [0.717, 1.165) is 18.8 Å². The number of nitrogens with zero attached hydrogens (tertiary/aromatic N) is 2. The summed E-state index contributed by atoms with van der Waals surface area (Å²) in [6.45, 7) is 2.71. The van der Waals surface area contributed by atoms with Crippen LogP contribution in [-0.4, -0.2) is 29.6 Å². The van der Waals surface area contributed by atoms with Crippen molar-refractivity contribution in [3.63, 3.8) is 0 Å². The van der Waals surface area contributed by atoms with Gasteiger partial charge < -0.3 is 10.5 Å². The van der Waals surface area contributed by atoms with Crippen molar-refractivity contribution in [2.24, 2.45) is 0 Å². The molecular weight excluding hydrogens is 262 g/mol. The number of hydrogen-bond donors (Lipinski definition) is 1. The third-order valence-corrected chi connectivity index (χ3v) is 4.01. The largest absolute Gasteiger partial charge is 0.490 e. The summed E-state index contributed by atoms with van der Waals surface area (Å²) in [5.41, 5.74) is 7.94. The van der Waals surface area contributed by atoms with E-state index in [4.69, 9.17) is 10.5 Å². The molecule has 2 N–H and O–H groups in total. The predicted octanol–water partition coefficient (Wildman–Crippen LogP) is 2.88. The van der Waals surface area contributed by atoms with Crippen molar-refractivity contribution in [2.75, 3.05) is 25.4 Å². The fraction of sp³-hybridized carbons (Fsp3) is 0.353. The Labute approximate surface area is 125 Å². The lowest BCUT2D eigenvalue weighted by atomic mass is 10.1. The number of nitrogen functional groups attached to an aromatic ring is 1. The molecule has 4 heteroatoms. The van der Waals surface area contributed by atoms with E-state index >= 15 is 0 Å². The van der Waals surface area contributed by atoms with Gasteiger partial charge in [0, 0.05) is 25.0 Å². The fourth-order valence-corrected chi connectivity index (χ4v) is 2.94. The van der Waals surface area contributed by atoms with Crippen LogP contribution in [0.15, 0.2) is 48.8 Å². The molecule has 1 aliphatic heterocycles. The highest BCUT2D eigenvalue weighted by Gasteiger charge is 2.25. The van der Waals surface area contributed by atoms with Gasteiger partial charge in [0.05, 0.1) is 5.69 Å². The minimum Gasteiger partial charge on any atom is -0.490 e. The summed E-state index contributed by atoms with van der Waals surface area (Å²) in [6, 6.07) is 12.4. The zero-order valence-electron chi connectivity index (χ0n) is 12.1. The van der Waals surface area contributed by atoms with Gasteiger partial charge in [-0.2, -0.15) is 0 Å². The lowest BCUT2D eigenvalue weighted by Crippen LogP contribution is -2.28. The van der Waals surface area contributed by atoms with Crippen molar-refractivity contribution < 1.29 is 4.74 Å². The number of para-hydroxylation sites is 2. The molecule has 1 saturated heterocycles. The van der Waals surface area contributed by atoms with Crippen LogP contribution >= 0.6 is 0 Å². The monoisotopic (exact) mass is 283 g/mol. The zero-order valence-corrected chi connectivity index (χ0v) is 12.1. The molecule has 4 nitrogen and oxygen atoms in total. The highest BCUT2D eigenvalue weighted by molar-refractivity contribution is 5.51. The second kappa shape index (κ2) is 6.59. The Morgan fingerprint density at radius 1 is 1.19 bits per heavy atom. The van der Waals surface area contributed by atoms with Gasteiger partial charge in [-0.3, -0.25) is 9.88 Å². The third-order valence-electron chi connectivity index (χ3n) is 4.01. The first kappa shape index (κ1) is 13.9. The molecule has 1 fully saturated rings. The Hall–Kier alpha value is -2.07. The van der Waals surface area contributed by atoms with Gasteiger partial charge >= 0.3 is 0 Å². The quantitative estimate of drug-likeness (QED) is 0.857. The average molecular weight is 283 g/mol. The van der Waals surface area contributed by atoms with Gasteiger partial charge in [0.2, 0.25) is 0 Å². The molecule has 110 valence electrons.